The normalized spacial score (nSPS) is 53.3. The van der Waals surface area contributed by atoms with Gasteiger partial charge in [0.1, 0.15) is 0 Å². The average molecular weight is 1090 g/mol. The minimum atomic E-state index is -0.451. The molecule has 0 aromatic carbocycles. The Bertz CT molecular complexity index is 1910. The lowest BCUT2D eigenvalue weighted by molar-refractivity contribution is -0.268. The molecule has 0 spiro atoms. The predicted octanol–water partition coefficient (Wildman–Crippen LogP) is 18.7. The van der Waals surface area contributed by atoms with E-state index in [-0.39, 0.29) is 0 Å². The van der Waals surface area contributed by atoms with Crippen LogP contribution >= 0.6 is 0 Å². The Balaban J connectivity index is 0.732. The molecule has 0 bridgehead atoms. The fourth-order valence-electron chi connectivity index (χ4n) is 30.3. The van der Waals surface area contributed by atoms with E-state index in [1.54, 1.807) is 0 Å². The molecule has 446 valence electrons. The van der Waals surface area contributed by atoms with Crippen LogP contribution in [0.4, 0.5) is 0 Å². The van der Waals surface area contributed by atoms with Crippen molar-refractivity contribution >= 4 is 0 Å². The summed E-state index contributed by atoms with van der Waals surface area (Å²) in [5, 5.41) is 0. The molecule has 0 aromatic rings. The van der Waals surface area contributed by atoms with E-state index in [0.29, 0.717) is 45.6 Å². The van der Waals surface area contributed by atoms with Crippen molar-refractivity contribution in [3.63, 3.8) is 0 Å². The molecule has 15 aliphatic carbocycles. The number of nitrogens with zero attached hydrogens (tertiary/aromatic N) is 2. The van der Waals surface area contributed by atoms with Crippen molar-refractivity contribution in [2.75, 3.05) is 14.2 Å². The third-order valence-corrected chi connectivity index (χ3v) is 33.1. The minimum absolute atomic E-state index is 0.451. The van der Waals surface area contributed by atoms with Gasteiger partial charge >= 0.3 is 0 Å². The summed E-state index contributed by atoms with van der Waals surface area (Å²) >= 11 is 0. The maximum atomic E-state index is 7.32. The second kappa shape index (κ2) is 20.5. The van der Waals surface area contributed by atoms with Crippen LogP contribution in [0, 0.1) is 140 Å². The van der Waals surface area contributed by atoms with Gasteiger partial charge in [-0.3, -0.25) is 9.80 Å². The first-order valence-corrected chi connectivity index (χ1v) is 36.7. The highest BCUT2D eigenvalue weighted by Crippen LogP contribution is 2.70. The summed E-state index contributed by atoms with van der Waals surface area (Å²) in [6, 6.07) is 4.44. The molecule has 15 rings (SSSR count). The van der Waals surface area contributed by atoms with E-state index < -0.39 is 5.79 Å². The van der Waals surface area contributed by atoms with E-state index in [4.69, 9.17) is 9.47 Å². The van der Waals surface area contributed by atoms with E-state index in [1.807, 2.05) is 0 Å². The Hall–Kier alpha value is -0.160. The zero-order chi connectivity index (χ0) is 54.1. The monoisotopic (exact) mass is 1080 g/mol. The van der Waals surface area contributed by atoms with Crippen molar-refractivity contribution in [2.24, 2.45) is 140 Å². The summed E-state index contributed by atoms with van der Waals surface area (Å²) in [7, 11) is 4.28. The van der Waals surface area contributed by atoms with Gasteiger partial charge in [0.15, 0.2) is 5.79 Å². The van der Waals surface area contributed by atoms with Crippen molar-refractivity contribution in [3.8, 4) is 0 Å². The van der Waals surface area contributed by atoms with Gasteiger partial charge in [-0.15, -0.1) is 0 Å². The van der Waals surface area contributed by atoms with Gasteiger partial charge in [0.2, 0.25) is 0 Å². The van der Waals surface area contributed by atoms with Crippen molar-refractivity contribution in [3.05, 3.63) is 0 Å². The summed E-state index contributed by atoms with van der Waals surface area (Å²) in [5.41, 5.74) is 2.01. The molecule has 4 nitrogen and oxygen atoms in total. The molecule has 0 aromatic heterocycles. The number of methoxy groups -OCH3 is 2. The van der Waals surface area contributed by atoms with E-state index in [1.165, 1.54) is 218 Å². The van der Waals surface area contributed by atoms with Gasteiger partial charge < -0.3 is 9.47 Å². The van der Waals surface area contributed by atoms with Crippen LogP contribution < -0.4 is 0 Å². The van der Waals surface area contributed by atoms with E-state index in [2.05, 4.69) is 79.4 Å². The molecule has 0 saturated heterocycles. The molecular formula is C75H124N2O2. The number of ether oxygens (including phenoxy) is 2. The second-order valence-corrected chi connectivity index (χ2v) is 36.0. The standard InChI is InChI=1S/C75H124N2O2/c1-71(2)61-23-15-11-19-51(61)55-33-27-45(39-65(55)71)76(46-28-34-56-52-20-12-16-24-62(52)72(3,4)66(56)40-46)49-31-37-59-60-38-32-50(44-70(60)75(78-9,79-10)69(59)43-49)77(47-29-35-57-53-21-13-17-25-63(53)73(5,6)67(57)41-47)48-30-36-58-54-22-14-18-26-64(54)74(7,8)68(58)42-48/h45-70H,11-44H2,1-10H3. The molecule has 15 fully saturated rings. The van der Waals surface area contributed by atoms with Gasteiger partial charge in [-0.05, 0) is 295 Å². The lowest BCUT2D eigenvalue weighted by Gasteiger charge is -2.54. The Kier molecular flexibility index (Phi) is 14.4. The number of hydrogen-bond acceptors (Lipinski definition) is 4. The highest BCUT2D eigenvalue weighted by atomic mass is 16.7. The van der Waals surface area contributed by atoms with Gasteiger partial charge in [-0.2, -0.15) is 0 Å². The highest BCUT2D eigenvalue weighted by Gasteiger charge is 2.67. The Morgan fingerprint density at radius 3 is 0.646 bits per heavy atom. The van der Waals surface area contributed by atoms with Crippen LogP contribution in [0.5, 0.6) is 0 Å². The number of hydrogen-bond donors (Lipinski definition) is 0. The molecule has 0 aliphatic heterocycles. The second-order valence-electron chi connectivity index (χ2n) is 36.0. The van der Waals surface area contributed by atoms with Crippen LogP contribution in [-0.4, -0.2) is 66.1 Å². The molecule has 79 heavy (non-hydrogen) atoms. The molecular weight excluding hydrogens is 961 g/mol. The number of rotatable bonds is 8. The van der Waals surface area contributed by atoms with Gasteiger partial charge in [0, 0.05) is 62.3 Å². The first-order chi connectivity index (χ1) is 38.1. The first kappa shape index (κ1) is 55.4. The summed E-state index contributed by atoms with van der Waals surface area (Å²) in [6.07, 6.45) is 50.6. The summed E-state index contributed by atoms with van der Waals surface area (Å²) < 4.78 is 14.6. The highest BCUT2D eigenvalue weighted by molar-refractivity contribution is 5.16. The van der Waals surface area contributed by atoms with Crippen LogP contribution in [0.2, 0.25) is 0 Å². The van der Waals surface area contributed by atoms with Gasteiger partial charge in [-0.25, -0.2) is 0 Å². The summed E-state index contributed by atoms with van der Waals surface area (Å²) in [6.45, 7) is 22.3. The topological polar surface area (TPSA) is 24.9 Å². The van der Waals surface area contributed by atoms with E-state index in [9.17, 15) is 0 Å². The van der Waals surface area contributed by atoms with Crippen LogP contribution in [0.25, 0.3) is 0 Å². The van der Waals surface area contributed by atoms with Crippen molar-refractivity contribution in [1.29, 1.82) is 0 Å². The SMILES string of the molecule is COC1(OC)C2CC(N(C3CCC4C5CCCCC5C(C)(C)C4C3)C3CCC4C5CCCCC5C(C)(C)C4C3)CCC2C2CCC(N(C3CCC4C5CCCCC5C(C)(C)C4C3)C3CCC4C5CCCCC5C(C)(C)C4C3)CC21. The Morgan fingerprint density at radius 2 is 0.418 bits per heavy atom. The maximum absolute atomic E-state index is 7.32. The largest absolute Gasteiger partial charge is 0.353 e. The molecule has 26 atom stereocenters. The van der Waals surface area contributed by atoms with Crippen LogP contribution in [0.15, 0.2) is 0 Å². The lowest BCUT2D eigenvalue weighted by Crippen LogP contribution is -2.58. The van der Waals surface area contributed by atoms with Crippen molar-refractivity contribution in [1.82, 2.24) is 9.80 Å². The maximum Gasteiger partial charge on any atom is 0.173 e. The minimum Gasteiger partial charge on any atom is -0.353 e. The molecule has 0 radical (unpaired) electrons. The summed E-state index contributed by atoms with van der Waals surface area (Å²) in [4.78, 5) is 6.91. The van der Waals surface area contributed by atoms with Crippen LogP contribution in [0.1, 0.15) is 274 Å². The van der Waals surface area contributed by atoms with E-state index >= 15 is 0 Å². The van der Waals surface area contributed by atoms with Gasteiger partial charge in [-0.1, -0.05) is 107 Å². The zero-order valence-electron chi connectivity index (χ0n) is 53.3. The van der Waals surface area contributed by atoms with Crippen LogP contribution in [-0.2, 0) is 9.47 Å². The summed E-state index contributed by atoms with van der Waals surface area (Å²) in [5.74, 6) is 17.8. The third-order valence-electron chi connectivity index (χ3n) is 33.1. The molecule has 0 amide bonds. The zero-order valence-corrected chi connectivity index (χ0v) is 53.3. The van der Waals surface area contributed by atoms with Crippen molar-refractivity contribution in [2.45, 2.75) is 316 Å². The Labute approximate surface area is 486 Å². The van der Waals surface area contributed by atoms with Crippen LogP contribution in [0.3, 0.4) is 0 Å². The predicted molar refractivity (Wildman–Crippen MR) is 325 cm³/mol. The smallest absolute Gasteiger partial charge is 0.173 e. The number of fused-ring (bicyclic) bond motifs is 15. The van der Waals surface area contributed by atoms with Gasteiger partial charge in [0.05, 0.1) is 0 Å². The molecule has 26 unspecified atom stereocenters. The fraction of sp³-hybridized carbons (Fsp3) is 1.00. The average Bonchev–Trinajstić information content (AvgIpc) is 4.34. The molecule has 15 aliphatic rings. The third kappa shape index (κ3) is 8.33. The Morgan fingerprint density at radius 1 is 0.228 bits per heavy atom. The quantitative estimate of drug-likeness (QED) is 0.226. The fourth-order valence-corrected chi connectivity index (χ4v) is 30.3. The van der Waals surface area contributed by atoms with Crippen molar-refractivity contribution < 1.29 is 9.47 Å². The molecule has 0 heterocycles. The molecule has 0 N–H and O–H groups in total. The van der Waals surface area contributed by atoms with Gasteiger partial charge in [0.25, 0.3) is 0 Å². The first-order valence-electron chi connectivity index (χ1n) is 36.7. The van der Waals surface area contributed by atoms with E-state index in [0.717, 1.165) is 131 Å². The lowest BCUT2D eigenvalue weighted by atomic mass is 9.64. The molecule has 15 saturated carbocycles. The molecule has 4 heteroatoms.